The van der Waals surface area contributed by atoms with Gasteiger partial charge in [-0.15, -0.1) is 0 Å². The molecule has 0 unspecified atom stereocenters. The maximum absolute atomic E-state index is 13.0. The number of rotatable bonds is 6. The van der Waals surface area contributed by atoms with Gasteiger partial charge in [-0.3, -0.25) is 9.00 Å². The summed E-state index contributed by atoms with van der Waals surface area (Å²) in [5, 5.41) is 2.74. The first-order chi connectivity index (χ1) is 10.1. The van der Waals surface area contributed by atoms with Gasteiger partial charge in [0.15, 0.2) is 0 Å². The number of anilines is 1. The summed E-state index contributed by atoms with van der Waals surface area (Å²) in [4.78, 5) is 11.7. The lowest BCUT2D eigenvalue weighted by molar-refractivity contribution is -0.115. The zero-order valence-electron chi connectivity index (χ0n) is 11.4. The summed E-state index contributed by atoms with van der Waals surface area (Å²) in [7, 11) is -1.19. The number of carbonyl (C=O) groups is 1. The molecule has 0 aliphatic rings. The predicted molar refractivity (Wildman–Crippen MR) is 82.8 cm³/mol. The van der Waals surface area contributed by atoms with Crippen molar-refractivity contribution in [1.29, 1.82) is 0 Å². The molecule has 0 bridgehead atoms. The summed E-state index contributed by atoms with van der Waals surface area (Å²) in [6.07, 6.45) is 0.177. The molecule has 0 aromatic heterocycles. The number of carbonyl (C=O) groups excluding carboxylic acids is 1. The molecule has 2 aromatic carbocycles. The standard InChI is InChI=1S/C16H16FNO2S/c17-14-6-4-5-13(11-14)12-21(20)10-9-16(19)18-15-7-2-1-3-8-15/h1-8,11H,9-10,12H2,(H,18,19)/t21-/m1/s1. The van der Waals surface area contributed by atoms with E-state index < -0.39 is 10.8 Å². The Kier molecular flexibility index (Phi) is 5.63. The number of para-hydroxylation sites is 1. The van der Waals surface area contributed by atoms with Crippen molar-refractivity contribution in [2.45, 2.75) is 12.2 Å². The molecule has 1 amide bonds. The minimum atomic E-state index is -1.19. The van der Waals surface area contributed by atoms with Gasteiger partial charge in [-0.25, -0.2) is 4.39 Å². The minimum Gasteiger partial charge on any atom is -0.326 e. The van der Waals surface area contributed by atoms with Crippen molar-refractivity contribution < 1.29 is 13.4 Å². The smallest absolute Gasteiger partial charge is 0.225 e. The minimum absolute atomic E-state index is 0.172. The van der Waals surface area contributed by atoms with Crippen molar-refractivity contribution in [3.8, 4) is 0 Å². The third-order valence-corrected chi connectivity index (χ3v) is 4.15. The van der Waals surface area contributed by atoms with E-state index in [1.807, 2.05) is 18.2 Å². The van der Waals surface area contributed by atoms with E-state index in [0.29, 0.717) is 5.56 Å². The highest BCUT2D eigenvalue weighted by atomic mass is 32.2. The molecule has 1 N–H and O–H groups in total. The first-order valence-electron chi connectivity index (χ1n) is 6.58. The van der Waals surface area contributed by atoms with Gasteiger partial charge >= 0.3 is 0 Å². The lowest BCUT2D eigenvalue weighted by Gasteiger charge is -2.05. The molecular formula is C16H16FNO2S. The molecule has 2 rings (SSSR count). The van der Waals surface area contributed by atoms with Gasteiger partial charge in [0.05, 0.1) is 0 Å². The Morgan fingerprint density at radius 3 is 2.57 bits per heavy atom. The molecule has 0 saturated carbocycles. The van der Waals surface area contributed by atoms with Gasteiger partial charge in [0.2, 0.25) is 5.91 Å². The van der Waals surface area contributed by atoms with Crippen LogP contribution < -0.4 is 5.32 Å². The van der Waals surface area contributed by atoms with Crippen LogP contribution in [0, 0.1) is 5.82 Å². The fraction of sp³-hybridized carbons (Fsp3) is 0.188. The topological polar surface area (TPSA) is 46.2 Å². The first-order valence-corrected chi connectivity index (χ1v) is 8.06. The highest BCUT2D eigenvalue weighted by Crippen LogP contribution is 2.08. The summed E-state index contributed by atoms with van der Waals surface area (Å²) in [6.45, 7) is 0. The number of benzene rings is 2. The van der Waals surface area contributed by atoms with Crippen LogP contribution in [0.25, 0.3) is 0 Å². The summed E-state index contributed by atoms with van der Waals surface area (Å²) < 4.78 is 24.9. The van der Waals surface area contributed by atoms with Crippen LogP contribution >= 0.6 is 0 Å². The average molecular weight is 305 g/mol. The second kappa shape index (κ2) is 7.69. The molecule has 21 heavy (non-hydrogen) atoms. The van der Waals surface area contributed by atoms with Crippen LogP contribution in [-0.2, 0) is 21.3 Å². The summed E-state index contributed by atoms with van der Waals surface area (Å²) in [6, 6.07) is 15.1. The highest BCUT2D eigenvalue weighted by Gasteiger charge is 2.07. The third-order valence-electron chi connectivity index (χ3n) is 2.83. The lowest BCUT2D eigenvalue weighted by Crippen LogP contribution is -2.15. The SMILES string of the molecule is O=C(CC[S@@](=O)Cc1cccc(F)c1)Nc1ccccc1. The molecule has 0 heterocycles. The first kappa shape index (κ1) is 15.4. The third kappa shape index (κ3) is 5.47. The fourth-order valence-electron chi connectivity index (χ4n) is 1.84. The Hall–Kier alpha value is -2.01. The molecular weight excluding hydrogens is 289 g/mol. The molecule has 3 nitrogen and oxygen atoms in total. The van der Waals surface area contributed by atoms with Crippen LogP contribution in [0.3, 0.4) is 0 Å². The van der Waals surface area contributed by atoms with Crippen molar-refractivity contribution in [2.24, 2.45) is 0 Å². The Morgan fingerprint density at radius 1 is 1.10 bits per heavy atom. The van der Waals surface area contributed by atoms with E-state index >= 15 is 0 Å². The van der Waals surface area contributed by atoms with E-state index in [0.717, 1.165) is 5.69 Å². The second-order valence-electron chi connectivity index (χ2n) is 4.58. The monoisotopic (exact) mass is 305 g/mol. The van der Waals surface area contributed by atoms with Crippen LogP contribution in [-0.4, -0.2) is 15.9 Å². The lowest BCUT2D eigenvalue weighted by atomic mass is 10.2. The number of nitrogens with one attached hydrogen (secondary N) is 1. The molecule has 0 spiro atoms. The molecule has 1 atom stereocenters. The summed E-state index contributed by atoms with van der Waals surface area (Å²) in [5.41, 5.74) is 1.40. The van der Waals surface area contributed by atoms with Gasteiger partial charge in [0, 0.05) is 34.4 Å². The van der Waals surface area contributed by atoms with Crippen LogP contribution in [0.15, 0.2) is 54.6 Å². The molecule has 110 valence electrons. The average Bonchev–Trinajstić information content (AvgIpc) is 2.46. The Morgan fingerprint density at radius 2 is 1.86 bits per heavy atom. The summed E-state index contributed by atoms with van der Waals surface area (Å²) >= 11 is 0. The molecule has 0 aliphatic carbocycles. The van der Waals surface area contributed by atoms with Gasteiger partial charge < -0.3 is 5.32 Å². The highest BCUT2D eigenvalue weighted by molar-refractivity contribution is 7.84. The predicted octanol–water partition coefficient (Wildman–Crippen LogP) is 3.10. The van der Waals surface area contributed by atoms with E-state index in [9.17, 15) is 13.4 Å². The number of hydrogen-bond donors (Lipinski definition) is 1. The quantitative estimate of drug-likeness (QED) is 0.891. The van der Waals surface area contributed by atoms with E-state index in [-0.39, 0.29) is 29.7 Å². The van der Waals surface area contributed by atoms with E-state index in [2.05, 4.69) is 5.32 Å². The zero-order chi connectivity index (χ0) is 15.1. The van der Waals surface area contributed by atoms with Gasteiger partial charge in [0.25, 0.3) is 0 Å². The molecule has 0 radical (unpaired) electrons. The van der Waals surface area contributed by atoms with E-state index in [4.69, 9.17) is 0 Å². The van der Waals surface area contributed by atoms with Crippen LogP contribution in [0.1, 0.15) is 12.0 Å². The van der Waals surface area contributed by atoms with Gasteiger partial charge in [-0.2, -0.15) is 0 Å². The van der Waals surface area contributed by atoms with Gasteiger partial charge in [0.1, 0.15) is 5.82 Å². The Balaban J connectivity index is 1.77. The van der Waals surface area contributed by atoms with Gasteiger partial charge in [-0.1, -0.05) is 30.3 Å². The largest absolute Gasteiger partial charge is 0.326 e. The Labute approximate surface area is 125 Å². The number of amides is 1. The Bertz CT molecular complexity index is 631. The fourth-order valence-corrected chi connectivity index (χ4v) is 2.95. The number of halogens is 1. The molecule has 5 heteroatoms. The van der Waals surface area contributed by atoms with Crippen molar-refractivity contribution in [1.82, 2.24) is 0 Å². The molecule has 0 aliphatic heterocycles. The van der Waals surface area contributed by atoms with Crippen LogP contribution in [0.2, 0.25) is 0 Å². The molecule has 0 saturated heterocycles. The van der Waals surface area contributed by atoms with Gasteiger partial charge in [-0.05, 0) is 29.8 Å². The second-order valence-corrected chi connectivity index (χ2v) is 6.16. The number of hydrogen-bond acceptors (Lipinski definition) is 2. The molecule has 2 aromatic rings. The van der Waals surface area contributed by atoms with Crippen molar-refractivity contribution in [3.05, 3.63) is 66.0 Å². The maximum Gasteiger partial charge on any atom is 0.225 e. The van der Waals surface area contributed by atoms with Crippen molar-refractivity contribution >= 4 is 22.4 Å². The maximum atomic E-state index is 13.0. The summed E-state index contributed by atoms with van der Waals surface area (Å²) in [5.74, 6) is 0.00562. The normalized spacial score (nSPS) is 11.9. The molecule has 0 fully saturated rings. The van der Waals surface area contributed by atoms with Crippen LogP contribution in [0.5, 0.6) is 0 Å². The van der Waals surface area contributed by atoms with E-state index in [1.165, 1.54) is 12.1 Å². The van der Waals surface area contributed by atoms with Crippen LogP contribution in [0.4, 0.5) is 10.1 Å². The van der Waals surface area contributed by atoms with Crippen molar-refractivity contribution in [2.75, 3.05) is 11.1 Å². The van der Waals surface area contributed by atoms with Crippen molar-refractivity contribution in [3.63, 3.8) is 0 Å². The van der Waals surface area contributed by atoms with E-state index in [1.54, 1.807) is 24.3 Å². The zero-order valence-corrected chi connectivity index (χ0v) is 12.2.